The third-order valence-corrected chi connectivity index (χ3v) is 4.61. The molecule has 0 aliphatic heterocycles. The van der Waals surface area contributed by atoms with Crippen LogP contribution in [-0.4, -0.2) is 31.1 Å². The first-order valence-corrected chi connectivity index (χ1v) is 9.32. The summed E-state index contributed by atoms with van der Waals surface area (Å²) in [6.45, 7) is 4.68. The minimum atomic E-state index is -0.0345. The number of nitrogens with zero attached hydrogens (tertiary/aromatic N) is 4. The Hall–Kier alpha value is -2.67. The van der Waals surface area contributed by atoms with Crippen LogP contribution in [0.4, 0.5) is 0 Å². The molecule has 1 amide bonds. The molecule has 3 aromatic rings. The normalized spacial score (nSPS) is 10.9. The summed E-state index contributed by atoms with van der Waals surface area (Å²) < 4.78 is 1.66. The first-order chi connectivity index (χ1) is 12.6. The standard InChI is InChI=1S/C19H21N5OS/c1-14(2)26-18-5-3-15(4-6-18)11-19(25)21-12-16-13-24(23-22-16)17-7-9-20-10-8-17/h3-10,13-14H,11-12H2,1-2H3,(H,21,25). The van der Waals surface area contributed by atoms with Crippen molar-refractivity contribution in [2.45, 2.75) is 37.0 Å². The highest BCUT2D eigenvalue weighted by Gasteiger charge is 2.07. The Morgan fingerprint density at radius 3 is 2.58 bits per heavy atom. The quantitative estimate of drug-likeness (QED) is 0.650. The molecular formula is C19H21N5OS. The van der Waals surface area contributed by atoms with Crippen LogP contribution in [0.15, 0.2) is 59.9 Å². The molecule has 0 unspecified atom stereocenters. The van der Waals surface area contributed by atoms with Crippen LogP contribution in [0.3, 0.4) is 0 Å². The summed E-state index contributed by atoms with van der Waals surface area (Å²) in [5.74, 6) is -0.0345. The molecule has 1 N–H and O–H groups in total. The number of pyridine rings is 1. The summed E-state index contributed by atoms with van der Waals surface area (Å²) in [6, 6.07) is 11.8. The molecule has 0 saturated heterocycles. The largest absolute Gasteiger partial charge is 0.350 e. The Kier molecular flexibility index (Phi) is 6.01. The van der Waals surface area contributed by atoms with Crippen molar-refractivity contribution in [3.05, 3.63) is 66.2 Å². The first-order valence-electron chi connectivity index (χ1n) is 8.44. The van der Waals surface area contributed by atoms with Crippen molar-refractivity contribution in [2.24, 2.45) is 0 Å². The molecule has 134 valence electrons. The zero-order valence-electron chi connectivity index (χ0n) is 14.8. The van der Waals surface area contributed by atoms with Crippen molar-refractivity contribution >= 4 is 17.7 Å². The number of carbonyl (C=O) groups is 1. The summed E-state index contributed by atoms with van der Waals surface area (Å²) in [5, 5.41) is 11.6. The molecule has 0 saturated carbocycles. The zero-order chi connectivity index (χ0) is 18.4. The van der Waals surface area contributed by atoms with Crippen molar-refractivity contribution in [2.75, 3.05) is 0 Å². The minimum absolute atomic E-state index is 0.0345. The molecular weight excluding hydrogens is 346 g/mol. The van der Waals surface area contributed by atoms with Crippen molar-refractivity contribution in [3.63, 3.8) is 0 Å². The van der Waals surface area contributed by atoms with Crippen molar-refractivity contribution < 1.29 is 4.79 Å². The van der Waals surface area contributed by atoms with E-state index in [2.05, 4.69) is 46.6 Å². The third-order valence-electron chi connectivity index (χ3n) is 3.59. The fourth-order valence-corrected chi connectivity index (χ4v) is 3.23. The van der Waals surface area contributed by atoms with Crippen LogP contribution in [0.25, 0.3) is 5.69 Å². The maximum Gasteiger partial charge on any atom is 0.224 e. The topological polar surface area (TPSA) is 72.7 Å². The highest BCUT2D eigenvalue weighted by atomic mass is 32.2. The molecule has 0 radical (unpaired) electrons. The van der Waals surface area contributed by atoms with E-state index in [0.717, 1.165) is 11.3 Å². The number of aromatic nitrogens is 4. The maximum atomic E-state index is 12.1. The molecule has 1 aromatic carbocycles. The molecule has 0 fully saturated rings. The molecule has 0 atom stereocenters. The van der Waals surface area contributed by atoms with Crippen molar-refractivity contribution in [3.8, 4) is 5.69 Å². The Labute approximate surface area is 157 Å². The molecule has 3 rings (SSSR count). The minimum Gasteiger partial charge on any atom is -0.350 e. The number of hydrogen-bond donors (Lipinski definition) is 1. The fraction of sp³-hybridized carbons (Fsp3) is 0.263. The maximum absolute atomic E-state index is 12.1. The van der Waals surface area contributed by atoms with E-state index in [9.17, 15) is 4.79 Å². The number of hydrogen-bond acceptors (Lipinski definition) is 5. The molecule has 2 heterocycles. The Bertz CT molecular complexity index is 846. The van der Waals surface area contributed by atoms with E-state index in [1.54, 1.807) is 23.3 Å². The second-order valence-corrected chi connectivity index (χ2v) is 7.77. The second-order valence-electron chi connectivity index (χ2n) is 6.12. The molecule has 0 bridgehead atoms. The predicted molar refractivity (Wildman–Crippen MR) is 102 cm³/mol. The van der Waals surface area contributed by atoms with E-state index in [4.69, 9.17) is 0 Å². The zero-order valence-corrected chi connectivity index (χ0v) is 15.6. The molecule has 0 aliphatic carbocycles. The van der Waals surface area contributed by atoms with Gasteiger partial charge in [-0.2, -0.15) is 0 Å². The fourth-order valence-electron chi connectivity index (χ4n) is 2.40. The number of rotatable bonds is 7. The van der Waals surface area contributed by atoms with Crippen LogP contribution in [-0.2, 0) is 17.8 Å². The van der Waals surface area contributed by atoms with Crippen LogP contribution < -0.4 is 5.32 Å². The number of carbonyl (C=O) groups excluding carboxylic acids is 1. The number of nitrogens with one attached hydrogen (secondary N) is 1. The average molecular weight is 367 g/mol. The Morgan fingerprint density at radius 2 is 1.88 bits per heavy atom. The lowest BCUT2D eigenvalue weighted by Gasteiger charge is -2.06. The van der Waals surface area contributed by atoms with Gasteiger partial charge in [-0.1, -0.05) is 31.2 Å². The average Bonchev–Trinajstić information content (AvgIpc) is 3.11. The highest BCUT2D eigenvalue weighted by molar-refractivity contribution is 7.99. The van der Waals surface area contributed by atoms with Gasteiger partial charge in [-0.05, 0) is 29.8 Å². The first kappa shape index (κ1) is 18.1. The summed E-state index contributed by atoms with van der Waals surface area (Å²) >= 11 is 1.81. The van der Waals surface area contributed by atoms with Crippen LogP contribution >= 0.6 is 11.8 Å². The summed E-state index contributed by atoms with van der Waals surface area (Å²) in [6.07, 6.45) is 5.55. The van der Waals surface area contributed by atoms with Crippen LogP contribution in [0.5, 0.6) is 0 Å². The second kappa shape index (κ2) is 8.62. The lowest BCUT2D eigenvalue weighted by Crippen LogP contribution is -2.24. The SMILES string of the molecule is CC(C)Sc1ccc(CC(=O)NCc2cn(-c3ccncc3)nn2)cc1. The molecule has 6 nitrogen and oxygen atoms in total. The van der Waals surface area contributed by atoms with Crippen LogP contribution in [0, 0.1) is 0 Å². The van der Waals surface area contributed by atoms with Gasteiger partial charge < -0.3 is 5.32 Å². The van der Waals surface area contributed by atoms with Gasteiger partial charge >= 0.3 is 0 Å². The van der Waals surface area contributed by atoms with E-state index in [1.165, 1.54) is 4.90 Å². The van der Waals surface area contributed by atoms with Gasteiger partial charge in [0.2, 0.25) is 5.91 Å². The molecule has 7 heteroatoms. The van der Waals surface area contributed by atoms with E-state index in [-0.39, 0.29) is 5.91 Å². The van der Waals surface area contributed by atoms with E-state index in [1.807, 2.05) is 36.0 Å². The van der Waals surface area contributed by atoms with Gasteiger partial charge in [0.1, 0.15) is 5.69 Å². The van der Waals surface area contributed by atoms with E-state index in [0.29, 0.717) is 23.9 Å². The van der Waals surface area contributed by atoms with Gasteiger partial charge in [-0.15, -0.1) is 16.9 Å². The van der Waals surface area contributed by atoms with Gasteiger partial charge in [0.15, 0.2) is 0 Å². The molecule has 26 heavy (non-hydrogen) atoms. The van der Waals surface area contributed by atoms with E-state index < -0.39 is 0 Å². The summed E-state index contributed by atoms with van der Waals surface area (Å²) in [7, 11) is 0. The van der Waals surface area contributed by atoms with Gasteiger partial charge in [-0.25, -0.2) is 4.68 Å². The number of amides is 1. The van der Waals surface area contributed by atoms with Crippen molar-refractivity contribution in [1.29, 1.82) is 0 Å². The summed E-state index contributed by atoms with van der Waals surface area (Å²) in [5.41, 5.74) is 2.58. The Morgan fingerprint density at radius 1 is 1.15 bits per heavy atom. The number of benzene rings is 1. The van der Waals surface area contributed by atoms with Crippen LogP contribution in [0.2, 0.25) is 0 Å². The molecule has 2 aromatic heterocycles. The predicted octanol–water partition coefficient (Wildman–Crippen LogP) is 3.02. The number of thioether (sulfide) groups is 1. The molecule has 0 aliphatic rings. The van der Waals surface area contributed by atoms with E-state index >= 15 is 0 Å². The van der Waals surface area contributed by atoms with Crippen LogP contribution in [0.1, 0.15) is 25.1 Å². The Balaban J connectivity index is 1.50. The lowest BCUT2D eigenvalue weighted by atomic mass is 10.1. The lowest BCUT2D eigenvalue weighted by molar-refractivity contribution is -0.120. The van der Waals surface area contributed by atoms with Crippen molar-refractivity contribution in [1.82, 2.24) is 25.3 Å². The third kappa shape index (κ3) is 5.16. The monoisotopic (exact) mass is 367 g/mol. The smallest absolute Gasteiger partial charge is 0.224 e. The van der Waals surface area contributed by atoms with Gasteiger partial charge in [-0.3, -0.25) is 9.78 Å². The highest BCUT2D eigenvalue weighted by Crippen LogP contribution is 2.22. The van der Waals surface area contributed by atoms with Gasteiger partial charge in [0, 0.05) is 22.5 Å². The van der Waals surface area contributed by atoms with Gasteiger partial charge in [0.25, 0.3) is 0 Å². The summed E-state index contributed by atoms with van der Waals surface area (Å²) in [4.78, 5) is 17.3. The van der Waals surface area contributed by atoms with Gasteiger partial charge in [0.05, 0.1) is 24.8 Å². The molecule has 0 spiro atoms.